The lowest BCUT2D eigenvalue weighted by molar-refractivity contribution is 0.110. The predicted octanol–water partition coefficient (Wildman–Crippen LogP) is 1.65. The van der Waals surface area contributed by atoms with E-state index in [9.17, 15) is 0 Å². The number of hydrogen-bond donors (Lipinski definition) is 0. The van der Waals surface area contributed by atoms with Gasteiger partial charge in [0.25, 0.3) is 0 Å². The molecule has 0 amide bonds. The summed E-state index contributed by atoms with van der Waals surface area (Å²) in [5.74, 6) is 0. The van der Waals surface area contributed by atoms with Gasteiger partial charge in [-0.1, -0.05) is 18.2 Å². The zero-order valence-corrected chi connectivity index (χ0v) is 11.1. The standard InChI is InChI=1S/C14H20N2O2/c1-17-9-7-16(8-10-18-2)12-14-6-4-3-5-13(14)11-15/h3-6H,7-10,12H2,1-2H3. The number of nitriles is 1. The summed E-state index contributed by atoms with van der Waals surface area (Å²) in [6, 6.07) is 9.91. The maximum absolute atomic E-state index is 9.07. The van der Waals surface area contributed by atoms with Crippen molar-refractivity contribution in [2.75, 3.05) is 40.5 Å². The van der Waals surface area contributed by atoms with Crippen molar-refractivity contribution in [1.29, 1.82) is 5.26 Å². The molecule has 0 aromatic heterocycles. The van der Waals surface area contributed by atoms with Gasteiger partial charge in [-0.25, -0.2) is 0 Å². The highest BCUT2D eigenvalue weighted by molar-refractivity contribution is 5.37. The minimum Gasteiger partial charge on any atom is -0.383 e. The lowest BCUT2D eigenvalue weighted by atomic mass is 10.1. The van der Waals surface area contributed by atoms with Crippen LogP contribution in [0.2, 0.25) is 0 Å². The molecular formula is C14H20N2O2. The average molecular weight is 248 g/mol. The first kappa shape index (κ1) is 14.7. The van der Waals surface area contributed by atoms with Crippen LogP contribution in [-0.2, 0) is 16.0 Å². The summed E-state index contributed by atoms with van der Waals surface area (Å²) in [4.78, 5) is 2.23. The third-order valence-corrected chi connectivity index (χ3v) is 2.76. The Labute approximate surface area is 109 Å². The molecule has 0 fully saturated rings. The van der Waals surface area contributed by atoms with E-state index in [2.05, 4.69) is 11.0 Å². The molecule has 0 saturated carbocycles. The Morgan fingerprint density at radius 2 is 1.72 bits per heavy atom. The fourth-order valence-electron chi connectivity index (χ4n) is 1.72. The van der Waals surface area contributed by atoms with Crippen molar-refractivity contribution in [3.8, 4) is 6.07 Å². The van der Waals surface area contributed by atoms with Crippen molar-refractivity contribution in [1.82, 2.24) is 4.90 Å². The molecule has 0 aliphatic carbocycles. The molecule has 0 aliphatic heterocycles. The molecular weight excluding hydrogens is 228 g/mol. The number of methoxy groups -OCH3 is 2. The van der Waals surface area contributed by atoms with Gasteiger partial charge in [0.05, 0.1) is 24.8 Å². The van der Waals surface area contributed by atoms with Crippen LogP contribution in [0.15, 0.2) is 24.3 Å². The van der Waals surface area contributed by atoms with Crippen molar-refractivity contribution in [3.05, 3.63) is 35.4 Å². The van der Waals surface area contributed by atoms with Crippen LogP contribution in [0, 0.1) is 11.3 Å². The molecule has 4 nitrogen and oxygen atoms in total. The molecule has 1 rings (SSSR count). The van der Waals surface area contributed by atoms with Crippen LogP contribution < -0.4 is 0 Å². The molecule has 18 heavy (non-hydrogen) atoms. The molecule has 0 heterocycles. The lowest BCUT2D eigenvalue weighted by Crippen LogP contribution is -2.30. The minimum atomic E-state index is 0.679. The van der Waals surface area contributed by atoms with Crippen LogP contribution in [0.25, 0.3) is 0 Å². The molecule has 0 N–H and O–H groups in total. The normalized spacial score (nSPS) is 10.6. The van der Waals surface area contributed by atoms with Crippen LogP contribution in [0.4, 0.5) is 0 Å². The molecule has 0 radical (unpaired) electrons. The average Bonchev–Trinajstić information content (AvgIpc) is 2.42. The van der Waals surface area contributed by atoms with Gasteiger partial charge >= 0.3 is 0 Å². The first-order valence-corrected chi connectivity index (χ1v) is 6.00. The minimum absolute atomic E-state index is 0.679. The Kier molecular flexibility index (Phi) is 7.04. The third kappa shape index (κ3) is 4.84. The second kappa shape index (κ2) is 8.65. The topological polar surface area (TPSA) is 45.5 Å². The highest BCUT2D eigenvalue weighted by Gasteiger charge is 2.08. The largest absolute Gasteiger partial charge is 0.383 e. The molecule has 1 aromatic carbocycles. The first-order valence-electron chi connectivity index (χ1n) is 6.00. The van der Waals surface area contributed by atoms with E-state index in [1.807, 2.05) is 24.3 Å². The molecule has 0 aliphatic rings. The number of hydrogen-bond acceptors (Lipinski definition) is 4. The zero-order valence-electron chi connectivity index (χ0n) is 11.1. The van der Waals surface area contributed by atoms with Gasteiger partial charge in [0.15, 0.2) is 0 Å². The summed E-state index contributed by atoms with van der Waals surface area (Å²) >= 11 is 0. The van der Waals surface area contributed by atoms with E-state index in [4.69, 9.17) is 14.7 Å². The number of rotatable bonds is 8. The second-order valence-corrected chi connectivity index (χ2v) is 4.03. The highest BCUT2D eigenvalue weighted by Crippen LogP contribution is 2.10. The molecule has 0 atom stereocenters. The van der Waals surface area contributed by atoms with Crippen molar-refractivity contribution in [3.63, 3.8) is 0 Å². The fraction of sp³-hybridized carbons (Fsp3) is 0.500. The van der Waals surface area contributed by atoms with E-state index < -0.39 is 0 Å². The molecule has 1 aromatic rings. The molecule has 0 bridgehead atoms. The van der Waals surface area contributed by atoms with Gasteiger partial charge in [-0.3, -0.25) is 4.90 Å². The molecule has 0 spiro atoms. The van der Waals surface area contributed by atoms with Crippen LogP contribution in [0.1, 0.15) is 11.1 Å². The Morgan fingerprint density at radius 3 is 2.28 bits per heavy atom. The SMILES string of the molecule is COCCN(CCOC)Cc1ccccc1C#N. The summed E-state index contributed by atoms with van der Waals surface area (Å²) in [6.45, 7) is 3.77. The van der Waals surface area contributed by atoms with Crippen molar-refractivity contribution >= 4 is 0 Å². The van der Waals surface area contributed by atoms with Gasteiger partial charge in [-0.05, 0) is 11.6 Å². The lowest BCUT2D eigenvalue weighted by Gasteiger charge is -2.22. The first-order chi connectivity index (χ1) is 8.81. The van der Waals surface area contributed by atoms with Gasteiger partial charge < -0.3 is 9.47 Å². The van der Waals surface area contributed by atoms with Gasteiger partial charge in [-0.2, -0.15) is 5.26 Å². The maximum Gasteiger partial charge on any atom is 0.0995 e. The Balaban J connectivity index is 2.66. The van der Waals surface area contributed by atoms with E-state index in [0.717, 1.165) is 30.8 Å². The smallest absolute Gasteiger partial charge is 0.0995 e. The van der Waals surface area contributed by atoms with Gasteiger partial charge in [0.1, 0.15) is 0 Å². The van der Waals surface area contributed by atoms with E-state index in [1.165, 1.54) is 0 Å². The quantitative estimate of drug-likeness (QED) is 0.702. The highest BCUT2D eigenvalue weighted by atomic mass is 16.5. The summed E-state index contributed by atoms with van der Waals surface area (Å²) in [5.41, 5.74) is 1.78. The molecule has 98 valence electrons. The van der Waals surface area contributed by atoms with Crippen molar-refractivity contribution in [2.45, 2.75) is 6.54 Å². The Morgan fingerprint density at radius 1 is 1.11 bits per heavy atom. The fourth-order valence-corrected chi connectivity index (χ4v) is 1.72. The second-order valence-electron chi connectivity index (χ2n) is 4.03. The number of ether oxygens (including phenoxy) is 2. The van der Waals surface area contributed by atoms with Crippen molar-refractivity contribution in [2.24, 2.45) is 0 Å². The van der Waals surface area contributed by atoms with Gasteiger partial charge in [-0.15, -0.1) is 0 Å². The van der Waals surface area contributed by atoms with Crippen molar-refractivity contribution < 1.29 is 9.47 Å². The summed E-state index contributed by atoms with van der Waals surface area (Å²) in [5, 5.41) is 9.07. The molecule has 0 saturated heterocycles. The molecule has 4 heteroatoms. The summed E-state index contributed by atoms with van der Waals surface area (Å²) < 4.78 is 10.2. The van der Waals surface area contributed by atoms with Crippen LogP contribution in [-0.4, -0.2) is 45.4 Å². The van der Waals surface area contributed by atoms with Gasteiger partial charge in [0, 0.05) is 33.9 Å². The van der Waals surface area contributed by atoms with E-state index in [0.29, 0.717) is 13.2 Å². The van der Waals surface area contributed by atoms with E-state index >= 15 is 0 Å². The third-order valence-electron chi connectivity index (χ3n) is 2.76. The summed E-state index contributed by atoms with van der Waals surface area (Å²) in [6.07, 6.45) is 0. The number of benzene rings is 1. The Bertz CT molecular complexity index is 380. The van der Waals surface area contributed by atoms with Crippen LogP contribution in [0.3, 0.4) is 0 Å². The molecule has 0 unspecified atom stereocenters. The maximum atomic E-state index is 9.07. The number of nitrogens with zero attached hydrogens (tertiary/aromatic N) is 2. The predicted molar refractivity (Wildman–Crippen MR) is 70.2 cm³/mol. The monoisotopic (exact) mass is 248 g/mol. The van der Waals surface area contributed by atoms with Gasteiger partial charge in [0.2, 0.25) is 0 Å². The van der Waals surface area contributed by atoms with Crippen LogP contribution in [0.5, 0.6) is 0 Å². The summed E-state index contributed by atoms with van der Waals surface area (Å²) in [7, 11) is 3.38. The van der Waals surface area contributed by atoms with E-state index in [-0.39, 0.29) is 0 Å². The zero-order chi connectivity index (χ0) is 13.2. The Hall–Kier alpha value is -1.41. The van der Waals surface area contributed by atoms with Crippen LogP contribution >= 0.6 is 0 Å². The van der Waals surface area contributed by atoms with E-state index in [1.54, 1.807) is 14.2 Å².